The first-order chi connectivity index (χ1) is 25.9. The summed E-state index contributed by atoms with van der Waals surface area (Å²) in [5.74, 6) is -4.00. The Morgan fingerprint density at radius 3 is 2.28 bits per heavy atom. The van der Waals surface area contributed by atoms with Gasteiger partial charge in [0.25, 0.3) is 5.91 Å². The van der Waals surface area contributed by atoms with E-state index in [1.54, 1.807) is 24.0 Å². The van der Waals surface area contributed by atoms with Crippen molar-refractivity contribution in [2.75, 3.05) is 36.0 Å². The Hall–Kier alpha value is -4.00. The van der Waals surface area contributed by atoms with Crippen molar-refractivity contribution in [2.24, 2.45) is 17.8 Å². The third-order valence-corrected chi connectivity index (χ3v) is 12.0. The minimum Gasteiger partial charge on any atom is -0.455 e. The fraction of sp³-hybridized carbons (Fsp3) is 0.524. The van der Waals surface area contributed by atoms with Gasteiger partial charge in [0.15, 0.2) is 0 Å². The number of likely N-dealkylation sites (tertiary alicyclic amines) is 1. The molecule has 5 rings (SSSR count). The van der Waals surface area contributed by atoms with Crippen LogP contribution in [0.3, 0.4) is 0 Å². The van der Waals surface area contributed by atoms with Gasteiger partial charge >= 0.3 is 5.97 Å². The minimum atomic E-state index is -1.38. The zero-order valence-corrected chi connectivity index (χ0v) is 33.6. The van der Waals surface area contributed by atoms with Crippen molar-refractivity contribution in [3.63, 3.8) is 0 Å². The first kappa shape index (κ1) is 41.2. The molecule has 3 amide bonds. The molecule has 3 aliphatic heterocycles. The number of rotatable bonds is 18. The van der Waals surface area contributed by atoms with E-state index >= 15 is 4.79 Å². The van der Waals surface area contributed by atoms with Crippen molar-refractivity contribution in [1.29, 1.82) is 0 Å². The van der Waals surface area contributed by atoms with Crippen LogP contribution in [-0.4, -0.2) is 94.6 Å². The Morgan fingerprint density at radius 1 is 1.06 bits per heavy atom. The van der Waals surface area contributed by atoms with E-state index in [2.05, 4.69) is 53.2 Å². The molecular formula is C42H55BrN4O7. The molecule has 3 aliphatic rings. The SMILES string of the molecule is C=CCCC(=O)N[C@H](C)[C@@H](OC(=O)[C@@H]1[C@H]2O[C@@]3(CC2Br)[C@H](C(=O)N(CC=C)c2ccc(N(CC)CC)cc2)N([C@@H](CO)C(C)C)C(=O)[C@@H]13)c1ccccc1. The lowest BCUT2D eigenvalue weighted by Crippen LogP contribution is -2.60. The molecule has 0 saturated carbocycles. The van der Waals surface area contributed by atoms with Gasteiger partial charge in [-0.3, -0.25) is 19.2 Å². The van der Waals surface area contributed by atoms with Crippen LogP contribution in [0.2, 0.25) is 0 Å². The van der Waals surface area contributed by atoms with Crippen molar-refractivity contribution in [1.82, 2.24) is 10.2 Å². The van der Waals surface area contributed by atoms with Crippen LogP contribution in [0.15, 0.2) is 79.9 Å². The van der Waals surface area contributed by atoms with Crippen molar-refractivity contribution >= 4 is 51.0 Å². The zero-order valence-electron chi connectivity index (χ0n) is 32.0. The van der Waals surface area contributed by atoms with Crippen molar-refractivity contribution < 1.29 is 33.8 Å². The number of esters is 1. The van der Waals surface area contributed by atoms with Crippen LogP contribution in [-0.2, 0) is 28.7 Å². The zero-order chi connectivity index (χ0) is 39.3. The molecule has 3 heterocycles. The number of anilines is 2. The Bertz CT molecular complexity index is 1670. The van der Waals surface area contributed by atoms with Crippen LogP contribution in [0.4, 0.5) is 11.4 Å². The highest BCUT2D eigenvalue weighted by atomic mass is 79.9. The molecule has 9 atom stereocenters. The molecule has 2 N–H and O–H groups in total. The molecule has 0 aromatic heterocycles. The molecule has 3 saturated heterocycles. The van der Waals surface area contributed by atoms with Crippen LogP contribution >= 0.6 is 15.9 Å². The number of carbonyl (C=O) groups is 4. The summed E-state index contributed by atoms with van der Waals surface area (Å²) in [5.41, 5.74) is 0.941. The average Bonchev–Trinajstić information content (AvgIpc) is 3.76. The predicted octanol–water partition coefficient (Wildman–Crippen LogP) is 5.57. The maximum Gasteiger partial charge on any atom is 0.313 e. The number of fused-ring (bicyclic) bond motifs is 1. The van der Waals surface area contributed by atoms with Gasteiger partial charge in [-0.05, 0) is 69.4 Å². The van der Waals surface area contributed by atoms with E-state index < -0.39 is 59.6 Å². The number of allylic oxidation sites excluding steroid dienone is 1. The second kappa shape index (κ2) is 17.6. The summed E-state index contributed by atoms with van der Waals surface area (Å²) in [4.78, 5) is 62.3. The van der Waals surface area contributed by atoms with Crippen molar-refractivity contribution in [3.05, 3.63) is 85.5 Å². The molecule has 2 aromatic carbocycles. The molecule has 2 aromatic rings. The summed E-state index contributed by atoms with van der Waals surface area (Å²) < 4.78 is 13.1. The summed E-state index contributed by atoms with van der Waals surface area (Å²) in [6.07, 6.45) is 2.71. The normalized spacial score (nSPS) is 25.8. The lowest BCUT2D eigenvalue weighted by atomic mass is 9.70. The number of aliphatic hydroxyl groups excluding tert-OH is 1. The van der Waals surface area contributed by atoms with Gasteiger partial charge in [0.05, 0.1) is 36.6 Å². The van der Waals surface area contributed by atoms with Crippen LogP contribution in [0.1, 0.15) is 65.5 Å². The van der Waals surface area contributed by atoms with Gasteiger partial charge in [0.2, 0.25) is 11.8 Å². The second-order valence-electron chi connectivity index (χ2n) is 14.8. The van der Waals surface area contributed by atoms with E-state index in [4.69, 9.17) is 9.47 Å². The van der Waals surface area contributed by atoms with Crippen molar-refractivity contribution in [2.45, 2.75) is 94.6 Å². The molecule has 1 spiro atoms. The molecule has 2 bridgehead atoms. The van der Waals surface area contributed by atoms with E-state index in [1.165, 1.54) is 4.90 Å². The average molecular weight is 808 g/mol. The summed E-state index contributed by atoms with van der Waals surface area (Å²) in [6, 6.07) is 14.4. The highest BCUT2D eigenvalue weighted by Gasteiger charge is 2.77. The first-order valence-corrected chi connectivity index (χ1v) is 20.0. The summed E-state index contributed by atoms with van der Waals surface area (Å²) in [5, 5.41) is 13.7. The largest absolute Gasteiger partial charge is 0.455 e. The topological polar surface area (TPSA) is 129 Å². The monoisotopic (exact) mass is 806 g/mol. The second-order valence-corrected chi connectivity index (χ2v) is 16.0. The minimum absolute atomic E-state index is 0.163. The van der Waals surface area contributed by atoms with Gasteiger partial charge in [-0.15, -0.1) is 13.2 Å². The lowest BCUT2D eigenvalue weighted by Gasteiger charge is -2.40. The summed E-state index contributed by atoms with van der Waals surface area (Å²) >= 11 is 3.76. The number of nitrogens with zero attached hydrogens (tertiary/aromatic N) is 3. The Balaban J connectivity index is 1.54. The van der Waals surface area contributed by atoms with Gasteiger partial charge in [-0.1, -0.05) is 72.3 Å². The fourth-order valence-electron chi connectivity index (χ4n) is 8.57. The van der Waals surface area contributed by atoms with Crippen molar-refractivity contribution in [3.8, 4) is 0 Å². The van der Waals surface area contributed by atoms with Gasteiger partial charge in [-0.25, -0.2) is 0 Å². The lowest BCUT2D eigenvalue weighted by molar-refractivity contribution is -0.162. The molecule has 11 nitrogen and oxygen atoms in total. The number of aliphatic hydroxyl groups is 1. The Labute approximate surface area is 327 Å². The Morgan fingerprint density at radius 2 is 1.70 bits per heavy atom. The maximum atomic E-state index is 15.1. The van der Waals surface area contributed by atoms with Crippen LogP contribution < -0.4 is 15.1 Å². The van der Waals surface area contributed by atoms with E-state index in [0.717, 1.165) is 18.8 Å². The Kier molecular flexibility index (Phi) is 13.4. The molecule has 292 valence electrons. The van der Waals surface area contributed by atoms with E-state index in [1.807, 2.05) is 68.4 Å². The van der Waals surface area contributed by atoms with Crippen LogP contribution in [0.5, 0.6) is 0 Å². The highest BCUT2D eigenvalue weighted by molar-refractivity contribution is 9.09. The summed E-state index contributed by atoms with van der Waals surface area (Å²) in [7, 11) is 0. The number of ether oxygens (including phenoxy) is 2. The van der Waals surface area contributed by atoms with E-state index in [9.17, 15) is 19.5 Å². The van der Waals surface area contributed by atoms with E-state index in [0.29, 0.717) is 24.1 Å². The molecule has 0 radical (unpaired) electrons. The molecule has 3 fully saturated rings. The fourth-order valence-corrected chi connectivity index (χ4v) is 9.51. The quantitative estimate of drug-likeness (QED) is 0.114. The molecule has 1 unspecified atom stereocenters. The smallest absolute Gasteiger partial charge is 0.313 e. The maximum absolute atomic E-state index is 15.1. The number of carbonyl (C=O) groups excluding carboxylic acids is 4. The van der Waals surface area contributed by atoms with Gasteiger partial charge in [-0.2, -0.15) is 0 Å². The van der Waals surface area contributed by atoms with Crippen LogP contribution in [0.25, 0.3) is 0 Å². The summed E-state index contributed by atoms with van der Waals surface area (Å²) in [6.45, 7) is 18.8. The predicted molar refractivity (Wildman–Crippen MR) is 213 cm³/mol. The number of hydrogen-bond acceptors (Lipinski definition) is 8. The number of alkyl halides is 1. The highest BCUT2D eigenvalue weighted by Crippen LogP contribution is 2.61. The molecular weight excluding hydrogens is 752 g/mol. The number of nitrogens with one attached hydrogen (secondary N) is 1. The molecule has 0 aliphatic carbocycles. The van der Waals surface area contributed by atoms with Gasteiger partial charge in [0.1, 0.15) is 17.7 Å². The molecule has 12 heteroatoms. The third kappa shape index (κ3) is 7.75. The van der Waals surface area contributed by atoms with E-state index in [-0.39, 0.29) is 42.1 Å². The van der Waals surface area contributed by atoms with Crippen LogP contribution in [0, 0.1) is 17.8 Å². The number of benzene rings is 2. The molecule has 54 heavy (non-hydrogen) atoms. The number of halogens is 1. The van der Waals surface area contributed by atoms with Gasteiger partial charge < -0.3 is 34.6 Å². The number of hydrogen-bond donors (Lipinski definition) is 2. The first-order valence-electron chi connectivity index (χ1n) is 19.1. The van der Waals surface area contributed by atoms with Gasteiger partial charge in [0, 0.05) is 42.3 Å². The standard InChI is InChI=1S/C42H55BrN4O7/c1-8-12-18-33(49)44-27(7)36(28-16-14-13-15-17-28)53-41(52)34-35-39(50)47(32(25-48)26(5)6)38(42(35)24-31(43)37(34)54-42)40(51)46(23-9-2)30-21-19-29(20-22-30)45(10-3)11-4/h8-9,13-17,19-22,26-27,31-32,34-38,48H,1-2,10-12,18,23-25H2,3-7H3,(H,44,49)/t27-,31?,32+,34+,35-,36-,37+,38+,42-/m1/s1. The third-order valence-electron chi connectivity index (χ3n) is 11.2. The number of amides is 3.